The second kappa shape index (κ2) is 10.3. The van der Waals surface area contributed by atoms with Gasteiger partial charge in [-0.2, -0.15) is 0 Å². The zero-order valence-electron chi connectivity index (χ0n) is 18.9. The van der Waals surface area contributed by atoms with E-state index in [1.807, 2.05) is 0 Å². The maximum Gasteiger partial charge on any atom is 0.407 e. The summed E-state index contributed by atoms with van der Waals surface area (Å²) in [5, 5.41) is 5.55. The highest BCUT2D eigenvalue weighted by atomic mass is 32.2. The normalized spacial score (nSPS) is 11.7. The van der Waals surface area contributed by atoms with E-state index < -0.39 is 21.7 Å². The Hall–Kier alpha value is -2.70. The molecule has 0 aliphatic rings. The fourth-order valence-corrected chi connectivity index (χ4v) is 4.87. The molecule has 0 aliphatic carbocycles. The van der Waals surface area contributed by atoms with Gasteiger partial charge in [0.1, 0.15) is 16.2 Å². The number of hydrogen-bond acceptors (Lipinski definition) is 8. The number of alkyl carbamates (subject to hydrolysis) is 1. The molecule has 10 nitrogen and oxygen atoms in total. The van der Waals surface area contributed by atoms with Crippen molar-refractivity contribution in [2.24, 2.45) is 0 Å². The van der Waals surface area contributed by atoms with Crippen molar-refractivity contribution >= 4 is 38.5 Å². The molecule has 176 valence electrons. The zero-order valence-corrected chi connectivity index (χ0v) is 20.5. The molecule has 2 aromatic rings. The molecule has 0 atom stereocenters. The highest BCUT2D eigenvalue weighted by molar-refractivity contribution is 7.89. The number of thiazole rings is 1. The average molecular weight is 485 g/mol. The Bertz CT molecular complexity index is 1090. The third-order valence-electron chi connectivity index (χ3n) is 3.88. The molecule has 0 fully saturated rings. The first-order valence-electron chi connectivity index (χ1n) is 9.72. The van der Waals surface area contributed by atoms with E-state index in [0.29, 0.717) is 16.4 Å². The number of hydrogen-bond donors (Lipinski definition) is 3. The van der Waals surface area contributed by atoms with Crippen LogP contribution < -0.4 is 20.1 Å². The van der Waals surface area contributed by atoms with E-state index in [1.165, 1.54) is 31.4 Å². The summed E-state index contributed by atoms with van der Waals surface area (Å²) >= 11 is 1.24. The number of carbonyl (C=O) groups is 2. The number of methoxy groups -OCH3 is 1. The number of benzene rings is 1. The predicted octanol–water partition coefficient (Wildman–Crippen LogP) is 2.89. The molecule has 2 rings (SSSR count). The van der Waals surface area contributed by atoms with Crippen molar-refractivity contribution in [2.75, 3.05) is 25.5 Å². The van der Waals surface area contributed by atoms with E-state index >= 15 is 0 Å². The Kier molecular flexibility index (Phi) is 8.21. The number of nitrogens with zero attached hydrogens (tertiary/aromatic N) is 1. The van der Waals surface area contributed by atoms with Gasteiger partial charge in [0.25, 0.3) is 0 Å². The maximum atomic E-state index is 12.9. The van der Waals surface area contributed by atoms with Gasteiger partial charge in [-0.05, 0) is 51.5 Å². The first kappa shape index (κ1) is 25.6. The summed E-state index contributed by atoms with van der Waals surface area (Å²) in [7, 11) is -2.56. The molecule has 32 heavy (non-hydrogen) atoms. The van der Waals surface area contributed by atoms with Crippen molar-refractivity contribution in [3.63, 3.8) is 0 Å². The number of anilines is 1. The number of aromatic nitrogens is 1. The van der Waals surface area contributed by atoms with Gasteiger partial charge in [-0.25, -0.2) is 22.9 Å². The van der Waals surface area contributed by atoms with Crippen molar-refractivity contribution in [3.8, 4) is 16.2 Å². The van der Waals surface area contributed by atoms with Crippen molar-refractivity contribution in [3.05, 3.63) is 23.9 Å². The number of rotatable bonds is 8. The van der Waals surface area contributed by atoms with E-state index in [-0.39, 0.29) is 29.6 Å². The molecule has 2 amide bonds. The van der Waals surface area contributed by atoms with Gasteiger partial charge in [-0.3, -0.25) is 4.79 Å². The number of sulfonamides is 1. The summed E-state index contributed by atoms with van der Waals surface area (Å²) in [6.45, 7) is 8.37. The van der Waals surface area contributed by atoms with Crippen molar-refractivity contribution < 1.29 is 27.5 Å². The summed E-state index contributed by atoms with van der Waals surface area (Å²) in [5.74, 6) is -0.0712. The Labute approximate surface area is 191 Å². The number of ether oxygens (including phenoxy) is 2. The fraction of sp³-hybridized carbons (Fsp3) is 0.450. The first-order valence-corrected chi connectivity index (χ1v) is 12.0. The monoisotopic (exact) mass is 484 g/mol. The van der Waals surface area contributed by atoms with Gasteiger partial charge >= 0.3 is 6.09 Å². The highest BCUT2D eigenvalue weighted by Crippen LogP contribution is 2.36. The van der Waals surface area contributed by atoms with Crippen LogP contribution in [0.5, 0.6) is 5.75 Å². The molecule has 0 unspecified atom stereocenters. The van der Waals surface area contributed by atoms with Crippen LogP contribution in [-0.4, -0.2) is 51.2 Å². The molecule has 0 spiro atoms. The van der Waals surface area contributed by atoms with Gasteiger partial charge in [0.05, 0.1) is 17.7 Å². The van der Waals surface area contributed by atoms with Crippen LogP contribution in [-0.2, 0) is 19.6 Å². The highest BCUT2D eigenvalue weighted by Gasteiger charge is 2.22. The van der Waals surface area contributed by atoms with E-state index in [1.54, 1.807) is 39.8 Å². The standard InChI is InChI=1S/C20H28N4O6S2/c1-12-17(31-18(23-12)24-13(2)25)14-7-8-15(29-6)16(11-14)32(27,28)22-10-9-21-19(26)30-20(3,4)5/h7-8,11,22H,9-10H2,1-6H3,(H,21,26)(H,23,24,25). The first-order chi connectivity index (χ1) is 14.8. The largest absolute Gasteiger partial charge is 0.495 e. The van der Waals surface area contributed by atoms with Gasteiger partial charge in [0, 0.05) is 20.0 Å². The molecule has 0 aliphatic heterocycles. The second-order valence-electron chi connectivity index (χ2n) is 7.81. The third-order valence-corrected chi connectivity index (χ3v) is 6.48. The summed E-state index contributed by atoms with van der Waals surface area (Å²) in [6.07, 6.45) is -0.632. The molecular weight excluding hydrogens is 456 g/mol. The van der Waals surface area contributed by atoms with Gasteiger partial charge in [-0.15, -0.1) is 0 Å². The smallest absolute Gasteiger partial charge is 0.407 e. The van der Waals surface area contributed by atoms with E-state index in [4.69, 9.17) is 9.47 Å². The van der Waals surface area contributed by atoms with Crippen LogP contribution in [0.15, 0.2) is 23.1 Å². The fourth-order valence-electron chi connectivity index (χ4n) is 2.64. The van der Waals surface area contributed by atoms with E-state index in [9.17, 15) is 18.0 Å². The Morgan fingerprint density at radius 3 is 2.47 bits per heavy atom. The number of nitrogens with one attached hydrogen (secondary N) is 3. The van der Waals surface area contributed by atoms with Crippen LogP contribution >= 0.6 is 11.3 Å². The maximum absolute atomic E-state index is 12.9. The minimum Gasteiger partial charge on any atom is -0.495 e. The number of amides is 2. The van der Waals surface area contributed by atoms with Crippen LogP contribution in [0.2, 0.25) is 0 Å². The lowest BCUT2D eigenvalue weighted by Crippen LogP contribution is -2.37. The average Bonchev–Trinajstić information content (AvgIpc) is 3.02. The minimum atomic E-state index is -3.94. The van der Waals surface area contributed by atoms with Crippen LogP contribution in [0.1, 0.15) is 33.4 Å². The minimum absolute atomic E-state index is 0.0405. The van der Waals surface area contributed by atoms with Gasteiger partial charge in [0.2, 0.25) is 15.9 Å². The Balaban J connectivity index is 2.18. The lowest BCUT2D eigenvalue weighted by atomic mass is 10.1. The van der Waals surface area contributed by atoms with E-state index in [2.05, 4.69) is 20.3 Å². The molecule has 0 bridgehead atoms. The molecule has 0 saturated carbocycles. The molecule has 0 saturated heterocycles. The summed E-state index contributed by atoms with van der Waals surface area (Å²) in [5.41, 5.74) is 0.623. The Morgan fingerprint density at radius 2 is 1.88 bits per heavy atom. The van der Waals surface area contributed by atoms with Gasteiger partial charge in [0.15, 0.2) is 5.13 Å². The van der Waals surface area contributed by atoms with Crippen LogP contribution in [0.4, 0.5) is 9.93 Å². The lowest BCUT2D eigenvalue weighted by molar-refractivity contribution is -0.114. The van der Waals surface area contributed by atoms with Crippen molar-refractivity contribution in [2.45, 2.75) is 45.1 Å². The molecule has 3 N–H and O–H groups in total. The third kappa shape index (κ3) is 7.18. The number of carbonyl (C=O) groups excluding carboxylic acids is 2. The molecule has 1 aromatic carbocycles. The lowest BCUT2D eigenvalue weighted by Gasteiger charge is -2.19. The molecule has 12 heteroatoms. The summed E-state index contributed by atoms with van der Waals surface area (Å²) in [6, 6.07) is 4.76. The molecular formula is C20H28N4O6S2. The van der Waals surface area contributed by atoms with Gasteiger partial charge < -0.3 is 20.1 Å². The zero-order chi connectivity index (χ0) is 24.1. The predicted molar refractivity (Wildman–Crippen MR) is 123 cm³/mol. The molecule has 1 heterocycles. The van der Waals surface area contributed by atoms with Crippen molar-refractivity contribution in [1.82, 2.24) is 15.0 Å². The van der Waals surface area contributed by atoms with Crippen LogP contribution in [0.25, 0.3) is 10.4 Å². The van der Waals surface area contributed by atoms with Gasteiger partial charge in [-0.1, -0.05) is 11.3 Å². The SMILES string of the molecule is COc1ccc(-c2sc(NC(C)=O)nc2C)cc1S(=O)(=O)NCCNC(=O)OC(C)(C)C. The summed E-state index contributed by atoms with van der Waals surface area (Å²) in [4.78, 5) is 28.0. The number of aryl methyl sites for hydroxylation is 1. The van der Waals surface area contributed by atoms with Crippen LogP contribution in [0.3, 0.4) is 0 Å². The second-order valence-corrected chi connectivity index (χ2v) is 10.5. The molecule has 0 radical (unpaired) electrons. The van der Waals surface area contributed by atoms with E-state index in [0.717, 1.165) is 4.88 Å². The Morgan fingerprint density at radius 1 is 1.19 bits per heavy atom. The quantitative estimate of drug-likeness (QED) is 0.490. The summed E-state index contributed by atoms with van der Waals surface area (Å²) < 4.78 is 38.6. The van der Waals surface area contributed by atoms with Crippen LogP contribution in [0, 0.1) is 6.92 Å². The van der Waals surface area contributed by atoms with Crippen molar-refractivity contribution in [1.29, 1.82) is 0 Å². The molecule has 1 aromatic heterocycles. The topological polar surface area (TPSA) is 136 Å².